The summed E-state index contributed by atoms with van der Waals surface area (Å²) in [5.74, 6) is -1.85. The molecule has 6 heteroatoms. The first kappa shape index (κ1) is 16.9. The Bertz CT molecular complexity index is 552. The van der Waals surface area contributed by atoms with Gasteiger partial charge in [-0.2, -0.15) is 0 Å². The van der Waals surface area contributed by atoms with Gasteiger partial charge in [-0.15, -0.1) is 0 Å². The number of carboxylic acids is 1. The van der Waals surface area contributed by atoms with Crippen LogP contribution in [-0.2, 0) is 0 Å². The van der Waals surface area contributed by atoms with E-state index in [1.54, 1.807) is 7.05 Å². The van der Waals surface area contributed by atoms with Gasteiger partial charge < -0.3 is 15.3 Å². The number of halogens is 1. The molecule has 1 aromatic rings. The summed E-state index contributed by atoms with van der Waals surface area (Å²) in [5, 5.41) is 11.3. The van der Waals surface area contributed by atoms with Gasteiger partial charge in [0.1, 0.15) is 5.82 Å². The Kier molecular flexibility index (Phi) is 4.93. The minimum Gasteiger partial charge on any atom is -0.478 e. The Labute approximate surface area is 123 Å². The van der Waals surface area contributed by atoms with Crippen LogP contribution < -0.4 is 5.32 Å². The molecule has 0 heterocycles. The highest BCUT2D eigenvalue weighted by Crippen LogP contribution is 2.24. The molecule has 0 fully saturated rings. The molecular formula is C15H21FN2O3. The number of urea groups is 1. The number of rotatable bonds is 3. The van der Waals surface area contributed by atoms with Crippen LogP contribution in [0, 0.1) is 11.2 Å². The van der Waals surface area contributed by atoms with Gasteiger partial charge in [-0.25, -0.2) is 14.0 Å². The van der Waals surface area contributed by atoms with Crippen molar-refractivity contribution in [2.45, 2.75) is 33.7 Å². The second-order valence-electron chi connectivity index (χ2n) is 6.08. The number of carboxylic acid groups (broad SMARTS) is 1. The molecule has 0 saturated carbocycles. The van der Waals surface area contributed by atoms with Crippen molar-refractivity contribution in [1.29, 1.82) is 0 Å². The Morgan fingerprint density at radius 1 is 1.33 bits per heavy atom. The highest BCUT2D eigenvalue weighted by atomic mass is 19.1. The van der Waals surface area contributed by atoms with E-state index in [0.29, 0.717) is 0 Å². The SMILES string of the molecule is CC(N(C)C(=O)Nc1cc(C(=O)O)ccc1F)C(C)(C)C. The van der Waals surface area contributed by atoms with Gasteiger partial charge >= 0.3 is 12.0 Å². The Morgan fingerprint density at radius 3 is 2.38 bits per heavy atom. The molecule has 0 spiro atoms. The molecule has 1 atom stereocenters. The number of carbonyl (C=O) groups excluding carboxylic acids is 1. The zero-order valence-electron chi connectivity index (χ0n) is 12.9. The topological polar surface area (TPSA) is 69.6 Å². The molecule has 0 aliphatic heterocycles. The number of nitrogens with zero attached hydrogens (tertiary/aromatic N) is 1. The lowest BCUT2D eigenvalue weighted by Crippen LogP contribution is -2.45. The summed E-state index contributed by atoms with van der Waals surface area (Å²) in [4.78, 5) is 24.5. The molecule has 1 aromatic carbocycles. The van der Waals surface area contributed by atoms with E-state index in [-0.39, 0.29) is 22.7 Å². The number of carbonyl (C=O) groups is 2. The van der Waals surface area contributed by atoms with Crippen molar-refractivity contribution in [1.82, 2.24) is 4.90 Å². The molecule has 0 aromatic heterocycles. The minimum atomic E-state index is -1.18. The smallest absolute Gasteiger partial charge is 0.335 e. The average molecular weight is 296 g/mol. The van der Waals surface area contributed by atoms with Crippen molar-refractivity contribution in [2.75, 3.05) is 12.4 Å². The van der Waals surface area contributed by atoms with E-state index in [1.165, 1.54) is 4.90 Å². The van der Waals surface area contributed by atoms with E-state index in [9.17, 15) is 14.0 Å². The normalized spacial score (nSPS) is 12.7. The van der Waals surface area contributed by atoms with Crippen LogP contribution in [0.4, 0.5) is 14.9 Å². The van der Waals surface area contributed by atoms with Crippen LogP contribution in [0.15, 0.2) is 18.2 Å². The second kappa shape index (κ2) is 6.11. The molecule has 116 valence electrons. The van der Waals surface area contributed by atoms with Crippen LogP contribution in [0.2, 0.25) is 0 Å². The zero-order chi connectivity index (χ0) is 16.4. The van der Waals surface area contributed by atoms with Crippen LogP contribution in [-0.4, -0.2) is 35.1 Å². The highest BCUT2D eigenvalue weighted by molar-refractivity contribution is 5.93. The van der Waals surface area contributed by atoms with Crippen molar-refractivity contribution in [2.24, 2.45) is 5.41 Å². The number of aromatic carboxylic acids is 1. The number of amides is 2. The van der Waals surface area contributed by atoms with Gasteiger partial charge in [0.15, 0.2) is 0 Å². The van der Waals surface area contributed by atoms with E-state index in [4.69, 9.17) is 5.11 Å². The monoisotopic (exact) mass is 296 g/mol. The summed E-state index contributed by atoms with van der Waals surface area (Å²) in [7, 11) is 1.62. The number of benzene rings is 1. The highest BCUT2D eigenvalue weighted by Gasteiger charge is 2.27. The van der Waals surface area contributed by atoms with E-state index < -0.39 is 17.8 Å². The van der Waals surface area contributed by atoms with Gasteiger partial charge in [0, 0.05) is 13.1 Å². The summed E-state index contributed by atoms with van der Waals surface area (Å²) >= 11 is 0. The van der Waals surface area contributed by atoms with Crippen LogP contribution in [0.25, 0.3) is 0 Å². The van der Waals surface area contributed by atoms with Crippen molar-refractivity contribution < 1.29 is 19.1 Å². The standard InChI is InChI=1S/C15H21FN2O3/c1-9(15(2,3)4)18(5)14(21)17-12-8-10(13(19)20)6-7-11(12)16/h6-9H,1-5H3,(H,17,21)(H,19,20). The number of hydrogen-bond acceptors (Lipinski definition) is 2. The summed E-state index contributed by atoms with van der Waals surface area (Å²) in [6, 6.07) is 2.70. The molecule has 0 aliphatic carbocycles. The molecule has 0 saturated heterocycles. The Hall–Kier alpha value is -2.11. The largest absolute Gasteiger partial charge is 0.478 e. The Balaban J connectivity index is 2.93. The fourth-order valence-corrected chi connectivity index (χ4v) is 1.71. The third kappa shape index (κ3) is 4.18. The van der Waals surface area contributed by atoms with Gasteiger partial charge in [-0.3, -0.25) is 0 Å². The average Bonchev–Trinajstić information content (AvgIpc) is 2.38. The predicted molar refractivity (Wildman–Crippen MR) is 79.1 cm³/mol. The fraction of sp³-hybridized carbons (Fsp3) is 0.467. The molecule has 2 amide bonds. The van der Waals surface area contributed by atoms with E-state index in [0.717, 1.165) is 18.2 Å². The minimum absolute atomic E-state index is 0.0804. The molecule has 21 heavy (non-hydrogen) atoms. The van der Waals surface area contributed by atoms with E-state index in [1.807, 2.05) is 27.7 Å². The molecule has 1 unspecified atom stereocenters. The number of nitrogens with one attached hydrogen (secondary N) is 1. The first-order valence-corrected chi connectivity index (χ1v) is 6.60. The van der Waals surface area contributed by atoms with Crippen molar-refractivity contribution in [3.05, 3.63) is 29.6 Å². The van der Waals surface area contributed by atoms with Gasteiger partial charge in [0.25, 0.3) is 0 Å². The first-order chi connectivity index (χ1) is 9.54. The van der Waals surface area contributed by atoms with Gasteiger partial charge in [-0.1, -0.05) is 20.8 Å². The van der Waals surface area contributed by atoms with Crippen LogP contribution in [0.3, 0.4) is 0 Å². The van der Waals surface area contributed by atoms with E-state index >= 15 is 0 Å². The lowest BCUT2D eigenvalue weighted by Gasteiger charge is -2.35. The van der Waals surface area contributed by atoms with Gasteiger partial charge in [0.2, 0.25) is 0 Å². The van der Waals surface area contributed by atoms with E-state index in [2.05, 4.69) is 5.32 Å². The number of hydrogen-bond donors (Lipinski definition) is 2. The maximum atomic E-state index is 13.7. The van der Waals surface area contributed by atoms with Crippen molar-refractivity contribution in [3.63, 3.8) is 0 Å². The third-order valence-electron chi connectivity index (χ3n) is 3.61. The quantitative estimate of drug-likeness (QED) is 0.898. The molecule has 1 rings (SSSR count). The zero-order valence-corrected chi connectivity index (χ0v) is 12.9. The van der Waals surface area contributed by atoms with Gasteiger partial charge in [0.05, 0.1) is 11.3 Å². The molecule has 2 N–H and O–H groups in total. The van der Waals surface area contributed by atoms with Crippen molar-refractivity contribution >= 4 is 17.7 Å². The molecule has 0 aliphatic rings. The summed E-state index contributed by atoms with van der Waals surface area (Å²) in [6.45, 7) is 7.87. The maximum absolute atomic E-state index is 13.7. The first-order valence-electron chi connectivity index (χ1n) is 6.60. The lowest BCUT2D eigenvalue weighted by atomic mass is 9.87. The van der Waals surface area contributed by atoms with Crippen LogP contribution in [0.5, 0.6) is 0 Å². The lowest BCUT2D eigenvalue weighted by molar-refractivity contribution is 0.0697. The summed E-state index contributed by atoms with van der Waals surface area (Å²) < 4.78 is 13.7. The van der Waals surface area contributed by atoms with Crippen molar-refractivity contribution in [3.8, 4) is 0 Å². The maximum Gasteiger partial charge on any atom is 0.335 e. The van der Waals surface area contributed by atoms with Gasteiger partial charge in [-0.05, 0) is 30.5 Å². The number of anilines is 1. The van der Waals surface area contributed by atoms with Crippen LogP contribution in [0.1, 0.15) is 38.1 Å². The molecule has 0 bridgehead atoms. The predicted octanol–water partition coefficient (Wildman–Crippen LogP) is 3.42. The summed E-state index contributed by atoms with van der Waals surface area (Å²) in [5.41, 5.74) is -0.362. The fourth-order valence-electron chi connectivity index (χ4n) is 1.71. The molecular weight excluding hydrogens is 275 g/mol. The molecule has 0 radical (unpaired) electrons. The Morgan fingerprint density at radius 2 is 1.90 bits per heavy atom. The molecule has 5 nitrogen and oxygen atoms in total. The second-order valence-corrected chi connectivity index (χ2v) is 6.08. The summed E-state index contributed by atoms with van der Waals surface area (Å²) in [6.07, 6.45) is 0. The van der Waals surface area contributed by atoms with Crippen LogP contribution >= 0.6 is 0 Å². The third-order valence-corrected chi connectivity index (χ3v) is 3.61.